The predicted molar refractivity (Wildman–Crippen MR) is 116 cm³/mol. The Kier molecular flexibility index (Phi) is 6.68. The first-order valence-electron chi connectivity index (χ1n) is 11.4. The third-order valence-corrected chi connectivity index (χ3v) is 7.05. The van der Waals surface area contributed by atoms with Crippen LogP contribution in [0.1, 0.15) is 5.56 Å². The molecule has 1 saturated carbocycles. The number of aliphatic hydroxyl groups excluding tert-OH is 5. The Morgan fingerprint density at radius 1 is 1.03 bits per heavy atom. The molecule has 2 saturated heterocycles. The smallest absolute Gasteiger partial charge is 0.330 e. The number of fused-ring (bicyclic) bond motifs is 3. The molecule has 0 aromatic heterocycles. The van der Waals surface area contributed by atoms with Gasteiger partial charge in [0.15, 0.2) is 6.29 Å². The van der Waals surface area contributed by atoms with Gasteiger partial charge in [-0.3, -0.25) is 0 Å². The Labute approximate surface area is 200 Å². The second-order valence-corrected chi connectivity index (χ2v) is 9.10. The number of benzene rings is 1. The molecule has 5 rings (SSSR count). The molecule has 190 valence electrons. The zero-order valence-corrected chi connectivity index (χ0v) is 18.6. The molecule has 0 amide bonds. The summed E-state index contributed by atoms with van der Waals surface area (Å²) in [5.41, 5.74) is -0.248. The summed E-state index contributed by atoms with van der Waals surface area (Å²) in [6.45, 7) is -0.776. The van der Waals surface area contributed by atoms with E-state index in [0.717, 1.165) is 5.56 Å². The molecular weight excluding hydrogens is 464 g/mol. The molecule has 5 N–H and O–H groups in total. The standard InChI is InChI=1S/C24H28O11/c25-11-24-16-13(17(27)21(24)35-24)8-9-31-22(16)34-23-20(30)19(29)18(28)14(33-23)10-32-15(26)7-6-12-4-2-1-3-5-12/h1-9,13-14,16-23,25,27-30H,10-11H2/b7-6+/t13-,14-,16+,17+,18+,19+,20+,21-,22-,23-,24+/m1/s1. The second-order valence-electron chi connectivity index (χ2n) is 9.10. The van der Waals surface area contributed by atoms with Crippen LogP contribution in [0, 0.1) is 11.8 Å². The number of aliphatic hydroxyl groups is 5. The number of rotatable bonds is 7. The zero-order valence-electron chi connectivity index (χ0n) is 18.6. The number of hydrogen-bond acceptors (Lipinski definition) is 11. The molecular formula is C24H28O11. The SMILES string of the molecule is O=C(/C=C/c1ccccc1)OC[C@H]1O[C@H](O[C@H]2OC=C[C@H]3[C@H](O)[C@H]4O[C@@]4(CO)[C@H]23)[C@@H](O)[C@@H](O)[C@H]1O. The minimum atomic E-state index is -1.65. The topological polar surface area (TPSA) is 168 Å². The number of ether oxygens (including phenoxy) is 5. The van der Waals surface area contributed by atoms with E-state index in [1.165, 1.54) is 12.3 Å². The summed E-state index contributed by atoms with van der Waals surface area (Å²) in [7, 11) is 0. The maximum atomic E-state index is 12.1. The van der Waals surface area contributed by atoms with E-state index >= 15 is 0 Å². The maximum Gasteiger partial charge on any atom is 0.330 e. The van der Waals surface area contributed by atoms with Gasteiger partial charge in [0.05, 0.1) is 24.9 Å². The first kappa shape index (κ1) is 24.3. The first-order chi connectivity index (χ1) is 16.9. The quantitative estimate of drug-likeness (QED) is 0.174. The molecule has 35 heavy (non-hydrogen) atoms. The van der Waals surface area contributed by atoms with Crippen molar-refractivity contribution < 1.29 is 54.0 Å². The number of carbonyl (C=O) groups is 1. The van der Waals surface area contributed by atoms with Crippen LogP contribution in [-0.4, -0.2) is 99.5 Å². The normalized spacial score (nSPS) is 43.9. The largest absolute Gasteiger partial charge is 0.472 e. The van der Waals surface area contributed by atoms with E-state index in [2.05, 4.69) is 0 Å². The fourth-order valence-electron chi connectivity index (χ4n) is 5.10. The van der Waals surface area contributed by atoms with E-state index < -0.39 is 79.2 Å². The van der Waals surface area contributed by atoms with E-state index in [1.807, 2.05) is 30.3 Å². The van der Waals surface area contributed by atoms with Gasteiger partial charge in [-0.1, -0.05) is 30.3 Å². The molecule has 1 aliphatic carbocycles. The third kappa shape index (κ3) is 4.39. The molecule has 11 nitrogen and oxygen atoms in total. The van der Waals surface area contributed by atoms with Crippen molar-refractivity contribution in [1.29, 1.82) is 0 Å². The zero-order chi connectivity index (χ0) is 24.7. The molecule has 11 atom stereocenters. The van der Waals surface area contributed by atoms with Crippen LogP contribution in [0.4, 0.5) is 0 Å². The van der Waals surface area contributed by atoms with Gasteiger partial charge in [-0.25, -0.2) is 4.79 Å². The van der Waals surface area contributed by atoms with Crippen molar-refractivity contribution in [2.45, 2.75) is 54.8 Å². The summed E-state index contributed by atoms with van der Waals surface area (Å²) in [4.78, 5) is 12.1. The van der Waals surface area contributed by atoms with Crippen LogP contribution in [0.25, 0.3) is 6.08 Å². The average Bonchev–Trinajstić information content (AvgIpc) is 3.57. The van der Waals surface area contributed by atoms with Crippen molar-refractivity contribution in [3.8, 4) is 0 Å². The lowest BCUT2D eigenvalue weighted by Gasteiger charge is -2.43. The molecule has 3 fully saturated rings. The Bertz CT molecular complexity index is 967. The molecule has 1 aromatic carbocycles. The van der Waals surface area contributed by atoms with Crippen molar-refractivity contribution in [3.05, 3.63) is 54.3 Å². The van der Waals surface area contributed by atoms with Gasteiger partial charge in [0.1, 0.15) is 42.7 Å². The van der Waals surface area contributed by atoms with Crippen LogP contribution < -0.4 is 0 Å². The summed E-state index contributed by atoms with van der Waals surface area (Å²) < 4.78 is 27.7. The number of esters is 1. The van der Waals surface area contributed by atoms with Crippen LogP contribution in [0.3, 0.4) is 0 Å². The number of epoxide rings is 1. The molecule has 4 aliphatic rings. The molecule has 0 bridgehead atoms. The maximum absolute atomic E-state index is 12.1. The Morgan fingerprint density at radius 3 is 2.54 bits per heavy atom. The van der Waals surface area contributed by atoms with Crippen LogP contribution >= 0.6 is 0 Å². The summed E-state index contributed by atoms with van der Waals surface area (Å²) in [5, 5.41) is 51.5. The Balaban J connectivity index is 1.22. The number of hydrogen-bond donors (Lipinski definition) is 5. The van der Waals surface area contributed by atoms with Crippen LogP contribution in [-0.2, 0) is 28.5 Å². The first-order valence-corrected chi connectivity index (χ1v) is 11.4. The molecule has 3 aliphatic heterocycles. The van der Waals surface area contributed by atoms with E-state index in [9.17, 15) is 30.3 Å². The lowest BCUT2D eigenvalue weighted by molar-refractivity contribution is -0.344. The van der Waals surface area contributed by atoms with Crippen molar-refractivity contribution in [1.82, 2.24) is 0 Å². The molecule has 0 unspecified atom stereocenters. The fraction of sp³-hybridized carbons (Fsp3) is 0.542. The molecule has 0 spiro atoms. The van der Waals surface area contributed by atoms with Gasteiger partial charge < -0.3 is 49.2 Å². The lowest BCUT2D eigenvalue weighted by Crippen LogP contribution is -2.60. The van der Waals surface area contributed by atoms with E-state index in [1.54, 1.807) is 12.2 Å². The number of carbonyl (C=O) groups excluding carboxylic acids is 1. The van der Waals surface area contributed by atoms with Gasteiger partial charge >= 0.3 is 5.97 Å². The van der Waals surface area contributed by atoms with Gasteiger partial charge in [-0.05, 0) is 17.7 Å². The third-order valence-electron chi connectivity index (χ3n) is 7.05. The fourth-order valence-corrected chi connectivity index (χ4v) is 5.10. The second kappa shape index (κ2) is 9.60. The molecule has 1 aromatic rings. The Hall–Kier alpha value is -2.35. The van der Waals surface area contributed by atoms with Crippen molar-refractivity contribution in [3.63, 3.8) is 0 Å². The molecule has 0 radical (unpaired) electrons. The highest BCUT2D eigenvalue weighted by molar-refractivity contribution is 5.87. The molecule has 3 heterocycles. The highest BCUT2D eigenvalue weighted by atomic mass is 16.8. The van der Waals surface area contributed by atoms with Crippen LogP contribution in [0.15, 0.2) is 48.7 Å². The van der Waals surface area contributed by atoms with Crippen molar-refractivity contribution in [2.24, 2.45) is 11.8 Å². The lowest BCUT2D eigenvalue weighted by atomic mass is 9.85. The van der Waals surface area contributed by atoms with Gasteiger partial charge in [0.25, 0.3) is 0 Å². The van der Waals surface area contributed by atoms with Gasteiger partial charge in [0.2, 0.25) is 6.29 Å². The van der Waals surface area contributed by atoms with Gasteiger partial charge in [0, 0.05) is 12.0 Å². The van der Waals surface area contributed by atoms with E-state index in [4.69, 9.17) is 23.7 Å². The predicted octanol–water partition coefficient (Wildman–Crippen LogP) is -1.33. The highest BCUT2D eigenvalue weighted by Gasteiger charge is 2.75. The van der Waals surface area contributed by atoms with Crippen molar-refractivity contribution >= 4 is 12.0 Å². The minimum absolute atomic E-state index is 0.364. The van der Waals surface area contributed by atoms with E-state index in [-0.39, 0.29) is 6.61 Å². The van der Waals surface area contributed by atoms with Gasteiger partial charge in [-0.2, -0.15) is 0 Å². The molecule has 11 heteroatoms. The summed E-state index contributed by atoms with van der Waals surface area (Å²) in [6.07, 6.45) is -4.23. The summed E-state index contributed by atoms with van der Waals surface area (Å²) in [6, 6.07) is 9.11. The van der Waals surface area contributed by atoms with E-state index in [0.29, 0.717) is 0 Å². The average molecular weight is 492 g/mol. The highest BCUT2D eigenvalue weighted by Crippen LogP contribution is 2.59. The monoisotopic (exact) mass is 492 g/mol. The summed E-state index contributed by atoms with van der Waals surface area (Å²) >= 11 is 0. The van der Waals surface area contributed by atoms with Crippen LogP contribution in [0.5, 0.6) is 0 Å². The summed E-state index contributed by atoms with van der Waals surface area (Å²) in [5.74, 6) is -1.70. The Morgan fingerprint density at radius 2 is 1.80 bits per heavy atom. The minimum Gasteiger partial charge on any atom is -0.472 e. The van der Waals surface area contributed by atoms with Crippen molar-refractivity contribution in [2.75, 3.05) is 13.2 Å². The van der Waals surface area contributed by atoms with Crippen LogP contribution in [0.2, 0.25) is 0 Å². The van der Waals surface area contributed by atoms with Gasteiger partial charge in [-0.15, -0.1) is 0 Å².